The molecule has 1 aliphatic heterocycles. The van der Waals surface area contributed by atoms with E-state index in [1.807, 2.05) is 6.07 Å². The van der Waals surface area contributed by atoms with Crippen LogP contribution in [0.1, 0.15) is 57.1 Å². The predicted octanol–water partition coefficient (Wildman–Crippen LogP) is 4.94. The van der Waals surface area contributed by atoms with Crippen LogP contribution in [-0.4, -0.2) is 32.6 Å². The Hall–Kier alpha value is -3.02. The molecule has 1 N–H and O–H groups in total. The number of carbonyl (C=O) groups is 2. The summed E-state index contributed by atoms with van der Waals surface area (Å²) >= 11 is 0. The highest BCUT2D eigenvalue weighted by Crippen LogP contribution is 2.37. The molecule has 0 aliphatic carbocycles. The number of para-hydroxylation sites is 1. The number of hydrogen-bond acceptors (Lipinski definition) is 4. The Labute approximate surface area is 184 Å². The standard InChI is InChI=1S/C25H32N2O4/c1-15(2)19-8-7-9-20(16(3)4)24(19)26-25(29)17-12-23(28)27(14-17)21-11-10-18(30-5)13-22(21)31-6/h7-11,13,15-17H,12,14H2,1-6H3,(H,26,29). The summed E-state index contributed by atoms with van der Waals surface area (Å²) in [6.45, 7) is 8.78. The van der Waals surface area contributed by atoms with E-state index >= 15 is 0 Å². The summed E-state index contributed by atoms with van der Waals surface area (Å²) in [7, 11) is 3.13. The number of ether oxygens (including phenoxy) is 2. The van der Waals surface area contributed by atoms with Crippen LogP contribution < -0.4 is 19.7 Å². The topological polar surface area (TPSA) is 67.9 Å². The average molecular weight is 425 g/mol. The molecule has 1 unspecified atom stereocenters. The van der Waals surface area contributed by atoms with Crippen molar-refractivity contribution in [2.45, 2.75) is 46.0 Å². The van der Waals surface area contributed by atoms with Crippen molar-refractivity contribution in [2.24, 2.45) is 5.92 Å². The zero-order chi connectivity index (χ0) is 22.7. The van der Waals surface area contributed by atoms with Gasteiger partial charge in [0.05, 0.1) is 25.8 Å². The Bertz CT molecular complexity index is 942. The Balaban J connectivity index is 1.84. The Morgan fingerprint density at radius 2 is 1.68 bits per heavy atom. The lowest BCUT2D eigenvalue weighted by atomic mass is 9.92. The van der Waals surface area contributed by atoms with E-state index < -0.39 is 5.92 Å². The molecule has 1 atom stereocenters. The average Bonchev–Trinajstić information content (AvgIpc) is 3.14. The molecule has 1 heterocycles. The van der Waals surface area contributed by atoms with Crippen molar-refractivity contribution in [2.75, 3.05) is 31.0 Å². The van der Waals surface area contributed by atoms with E-state index in [0.717, 1.165) is 16.8 Å². The van der Waals surface area contributed by atoms with Crippen molar-refractivity contribution in [1.29, 1.82) is 0 Å². The monoisotopic (exact) mass is 424 g/mol. The first kappa shape index (κ1) is 22.7. The highest BCUT2D eigenvalue weighted by atomic mass is 16.5. The van der Waals surface area contributed by atoms with E-state index in [4.69, 9.17) is 9.47 Å². The SMILES string of the molecule is COc1ccc(N2CC(C(=O)Nc3c(C(C)C)cccc3C(C)C)CC2=O)c(OC)c1. The molecule has 166 valence electrons. The fourth-order valence-corrected chi connectivity index (χ4v) is 4.04. The van der Waals surface area contributed by atoms with Gasteiger partial charge in [-0.3, -0.25) is 9.59 Å². The molecule has 3 rings (SSSR count). The summed E-state index contributed by atoms with van der Waals surface area (Å²) in [6.07, 6.45) is 0.169. The Morgan fingerprint density at radius 3 is 2.23 bits per heavy atom. The lowest BCUT2D eigenvalue weighted by Crippen LogP contribution is -2.29. The van der Waals surface area contributed by atoms with Gasteiger partial charge >= 0.3 is 0 Å². The summed E-state index contributed by atoms with van der Waals surface area (Å²) in [4.78, 5) is 27.6. The molecular formula is C25H32N2O4. The minimum Gasteiger partial charge on any atom is -0.497 e. The molecule has 2 aromatic rings. The number of rotatable bonds is 7. The fraction of sp³-hybridized carbons (Fsp3) is 0.440. The van der Waals surface area contributed by atoms with Gasteiger partial charge in [-0.05, 0) is 35.1 Å². The van der Waals surface area contributed by atoms with Gasteiger partial charge in [-0.1, -0.05) is 45.9 Å². The van der Waals surface area contributed by atoms with Gasteiger partial charge in [0, 0.05) is 24.7 Å². The van der Waals surface area contributed by atoms with Crippen LogP contribution in [-0.2, 0) is 9.59 Å². The zero-order valence-electron chi connectivity index (χ0n) is 19.2. The summed E-state index contributed by atoms with van der Waals surface area (Å²) in [5, 5.41) is 3.15. The molecular weight excluding hydrogens is 392 g/mol. The van der Waals surface area contributed by atoms with Gasteiger partial charge in [0.25, 0.3) is 0 Å². The molecule has 0 bridgehead atoms. The van der Waals surface area contributed by atoms with E-state index in [-0.39, 0.29) is 30.1 Å². The van der Waals surface area contributed by atoms with Crippen LogP contribution in [0, 0.1) is 5.92 Å². The van der Waals surface area contributed by atoms with E-state index in [0.29, 0.717) is 23.7 Å². The molecule has 0 aromatic heterocycles. The highest BCUT2D eigenvalue weighted by Gasteiger charge is 2.37. The lowest BCUT2D eigenvalue weighted by molar-refractivity contribution is -0.122. The number of hydrogen-bond donors (Lipinski definition) is 1. The van der Waals surface area contributed by atoms with Gasteiger partial charge in [-0.2, -0.15) is 0 Å². The number of amides is 2. The van der Waals surface area contributed by atoms with E-state index in [1.54, 1.807) is 37.3 Å². The third-order valence-corrected chi connectivity index (χ3v) is 5.79. The normalized spacial score (nSPS) is 16.2. The molecule has 1 saturated heterocycles. The first-order valence-corrected chi connectivity index (χ1v) is 10.7. The number of benzene rings is 2. The van der Waals surface area contributed by atoms with Crippen molar-refractivity contribution in [3.05, 3.63) is 47.5 Å². The summed E-state index contributed by atoms with van der Waals surface area (Å²) in [5.41, 5.74) is 3.74. The summed E-state index contributed by atoms with van der Waals surface area (Å²) < 4.78 is 10.7. The van der Waals surface area contributed by atoms with Gasteiger partial charge in [-0.25, -0.2) is 0 Å². The quantitative estimate of drug-likeness (QED) is 0.683. The summed E-state index contributed by atoms with van der Waals surface area (Å²) in [6, 6.07) is 11.5. The van der Waals surface area contributed by atoms with Gasteiger partial charge in [-0.15, -0.1) is 0 Å². The van der Waals surface area contributed by atoms with E-state index in [2.05, 4.69) is 45.1 Å². The van der Waals surface area contributed by atoms with Gasteiger partial charge in [0.2, 0.25) is 11.8 Å². The lowest BCUT2D eigenvalue weighted by Gasteiger charge is -2.22. The van der Waals surface area contributed by atoms with Crippen LogP contribution in [0.5, 0.6) is 11.5 Å². The molecule has 0 saturated carbocycles. The predicted molar refractivity (Wildman–Crippen MR) is 123 cm³/mol. The second-order valence-corrected chi connectivity index (χ2v) is 8.55. The van der Waals surface area contributed by atoms with Gasteiger partial charge in [0.15, 0.2) is 0 Å². The highest BCUT2D eigenvalue weighted by molar-refractivity contribution is 6.04. The van der Waals surface area contributed by atoms with Crippen molar-refractivity contribution in [3.8, 4) is 11.5 Å². The second kappa shape index (κ2) is 9.41. The smallest absolute Gasteiger partial charge is 0.229 e. The molecule has 2 aromatic carbocycles. The number of nitrogens with zero attached hydrogens (tertiary/aromatic N) is 1. The number of methoxy groups -OCH3 is 2. The first-order chi connectivity index (χ1) is 14.8. The minimum atomic E-state index is -0.431. The van der Waals surface area contributed by atoms with Crippen LogP contribution in [0.15, 0.2) is 36.4 Å². The number of anilines is 2. The molecule has 0 spiro atoms. The van der Waals surface area contributed by atoms with Crippen molar-refractivity contribution >= 4 is 23.2 Å². The largest absolute Gasteiger partial charge is 0.497 e. The minimum absolute atomic E-state index is 0.0927. The molecule has 1 fully saturated rings. The molecule has 0 radical (unpaired) electrons. The molecule has 2 amide bonds. The zero-order valence-corrected chi connectivity index (χ0v) is 19.2. The maximum Gasteiger partial charge on any atom is 0.229 e. The van der Waals surface area contributed by atoms with Crippen LogP contribution >= 0.6 is 0 Å². The van der Waals surface area contributed by atoms with Crippen LogP contribution in [0.2, 0.25) is 0 Å². The number of nitrogens with one attached hydrogen (secondary N) is 1. The maximum absolute atomic E-state index is 13.2. The Kier molecular flexibility index (Phi) is 6.88. The molecule has 6 nitrogen and oxygen atoms in total. The van der Waals surface area contributed by atoms with Crippen LogP contribution in [0.25, 0.3) is 0 Å². The van der Waals surface area contributed by atoms with Crippen molar-refractivity contribution < 1.29 is 19.1 Å². The van der Waals surface area contributed by atoms with Crippen LogP contribution in [0.3, 0.4) is 0 Å². The van der Waals surface area contributed by atoms with Crippen molar-refractivity contribution in [3.63, 3.8) is 0 Å². The fourth-order valence-electron chi connectivity index (χ4n) is 4.04. The van der Waals surface area contributed by atoms with E-state index in [9.17, 15) is 9.59 Å². The van der Waals surface area contributed by atoms with E-state index in [1.165, 1.54) is 0 Å². The maximum atomic E-state index is 13.2. The van der Waals surface area contributed by atoms with Crippen LogP contribution in [0.4, 0.5) is 11.4 Å². The Morgan fingerprint density at radius 1 is 1.03 bits per heavy atom. The van der Waals surface area contributed by atoms with Crippen molar-refractivity contribution in [1.82, 2.24) is 0 Å². The molecule has 6 heteroatoms. The first-order valence-electron chi connectivity index (χ1n) is 10.7. The van der Waals surface area contributed by atoms with Gasteiger partial charge < -0.3 is 19.7 Å². The summed E-state index contributed by atoms with van der Waals surface area (Å²) in [5.74, 6) is 1.09. The molecule has 31 heavy (non-hydrogen) atoms. The third-order valence-electron chi connectivity index (χ3n) is 5.79. The third kappa shape index (κ3) is 4.68. The second-order valence-electron chi connectivity index (χ2n) is 8.55. The molecule has 1 aliphatic rings. The number of carbonyl (C=O) groups excluding carboxylic acids is 2. The van der Waals surface area contributed by atoms with Gasteiger partial charge in [0.1, 0.15) is 11.5 Å².